The summed E-state index contributed by atoms with van der Waals surface area (Å²) < 4.78 is 11.1. The maximum absolute atomic E-state index is 6.12. The third kappa shape index (κ3) is 8.98. The lowest BCUT2D eigenvalue weighted by atomic mass is 9.84. The molecule has 154 valence electrons. The molecule has 1 heterocycles. The second-order valence-corrected chi connectivity index (χ2v) is 7.84. The van der Waals surface area contributed by atoms with Crippen LogP contribution in [-0.4, -0.2) is 52.5 Å². The predicted molar refractivity (Wildman–Crippen MR) is 124 cm³/mol. The summed E-state index contributed by atoms with van der Waals surface area (Å²) in [6.07, 6.45) is 2.07. The number of benzene rings is 1. The Kier molecular flexibility index (Phi) is 11.6. The molecular formula is C20H33ClIN3O2. The zero-order chi connectivity index (χ0) is 18.8. The fourth-order valence-corrected chi connectivity index (χ4v) is 3.07. The summed E-state index contributed by atoms with van der Waals surface area (Å²) in [7, 11) is 1.79. The summed E-state index contributed by atoms with van der Waals surface area (Å²) in [4.78, 5) is 4.29. The average Bonchev–Trinajstić information content (AvgIpc) is 3.14. The number of halogens is 2. The van der Waals surface area contributed by atoms with Crippen LogP contribution in [0.2, 0.25) is 5.02 Å². The molecular weight excluding hydrogens is 477 g/mol. The van der Waals surface area contributed by atoms with Gasteiger partial charge in [0.05, 0.1) is 13.2 Å². The van der Waals surface area contributed by atoms with Crippen molar-refractivity contribution in [2.45, 2.75) is 32.1 Å². The number of hydrogen-bond donors (Lipinski definition) is 2. The van der Waals surface area contributed by atoms with Gasteiger partial charge in [-0.25, -0.2) is 0 Å². The van der Waals surface area contributed by atoms with Crippen LogP contribution in [0.3, 0.4) is 0 Å². The molecule has 0 aromatic heterocycles. The molecule has 1 atom stereocenters. The molecule has 1 aliphatic rings. The van der Waals surface area contributed by atoms with Crippen LogP contribution in [0.5, 0.6) is 0 Å². The van der Waals surface area contributed by atoms with Gasteiger partial charge in [-0.05, 0) is 30.5 Å². The van der Waals surface area contributed by atoms with Crippen LogP contribution in [0.25, 0.3) is 0 Å². The maximum atomic E-state index is 6.12. The lowest BCUT2D eigenvalue weighted by Gasteiger charge is -2.27. The molecule has 0 aliphatic carbocycles. The molecule has 1 aromatic rings. The van der Waals surface area contributed by atoms with Crippen LogP contribution in [0.1, 0.15) is 32.3 Å². The molecule has 5 nitrogen and oxygen atoms in total. The van der Waals surface area contributed by atoms with E-state index in [9.17, 15) is 0 Å². The molecule has 0 bridgehead atoms. The molecule has 0 saturated carbocycles. The van der Waals surface area contributed by atoms with Crippen LogP contribution >= 0.6 is 35.6 Å². The number of ether oxygens (including phenoxy) is 2. The van der Waals surface area contributed by atoms with Crippen molar-refractivity contribution >= 4 is 41.5 Å². The first kappa shape index (κ1) is 24.5. The lowest BCUT2D eigenvalue weighted by Crippen LogP contribution is -2.43. The van der Waals surface area contributed by atoms with Crippen LogP contribution in [-0.2, 0) is 14.9 Å². The molecule has 1 fully saturated rings. The van der Waals surface area contributed by atoms with E-state index in [2.05, 4.69) is 35.5 Å². The Morgan fingerprint density at radius 2 is 2.19 bits per heavy atom. The molecule has 1 saturated heterocycles. The zero-order valence-electron chi connectivity index (χ0n) is 16.6. The molecule has 7 heteroatoms. The van der Waals surface area contributed by atoms with E-state index >= 15 is 0 Å². The van der Waals surface area contributed by atoms with E-state index in [0.29, 0.717) is 5.92 Å². The van der Waals surface area contributed by atoms with Gasteiger partial charge in [0, 0.05) is 49.7 Å². The largest absolute Gasteiger partial charge is 0.381 e. The Balaban J connectivity index is 0.00000364. The van der Waals surface area contributed by atoms with Gasteiger partial charge in [0.2, 0.25) is 0 Å². The first-order valence-electron chi connectivity index (χ1n) is 9.37. The molecule has 1 unspecified atom stereocenters. The van der Waals surface area contributed by atoms with Crippen molar-refractivity contribution in [1.82, 2.24) is 10.6 Å². The predicted octanol–water partition coefficient (Wildman–Crippen LogP) is 3.84. The number of nitrogens with one attached hydrogen (secondary N) is 2. The highest BCUT2D eigenvalue weighted by Crippen LogP contribution is 2.24. The van der Waals surface area contributed by atoms with Gasteiger partial charge in [-0.2, -0.15) is 0 Å². The average molecular weight is 510 g/mol. The third-order valence-corrected chi connectivity index (χ3v) is 4.90. The monoisotopic (exact) mass is 509 g/mol. The van der Waals surface area contributed by atoms with Crippen molar-refractivity contribution in [2.24, 2.45) is 10.9 Å². The molecule has 0 amide bonds. The number of rotatable bonds is 9. The summed E-state index contributed by atoms with van der Waals surface area (Å²) in [6.45, 7) is 9.28. The zero-order valence-corrected chi connectivity index (χ0v) is 19.7. The summed E-state index contributed by atoms with van der Waals surface area (Å²) in [5, 5.41) is 7.51. The van der Waals surface area contributed by atoms with Crippen molar-refractivity contribution in [3.8, 4) is 0 Å². The van der Waals surface area contributed by atoms with Gasteiger partial charge in [-0.1, -0.05) is 37.6 Å². The minimum atomic E-state index is -0.0466. The highest BCUT2D eigenvalue weighted by Gasteiger charge is 2.21. The van der Waals surface area contributed by atoms with Gasteiger partial charge < -0.3 is 20.1 Å². The van der Waals surface area contributed by atoms with Crippen molar-refractivity contribution in [2.75, 3.05) is 46.6 Å². The smallest absolute Gasteiger partial charge is 0.191 e. The Labute approximate surface area is 185 Å². The minimum absolute atomic E-state index is 0. The Morgan fingerprint density at radius 1 is 1.37 bits per heavy atom. The lowest BCUT2D eigenvalue weighted by molar-refractivity contribution is 0.0888. The summed E-state index contributed by atoms with van der Waals surface area (Å²) in [5.74, 6) is 1.38. The summed E-state index contributed by atoms with van der Waals surface area (Å²) in [5.41, 5.74) is 1.16. The first-order chi connectivity index (χ1) is 12.5. The number of guanidine groups is 1. The van der Waals surface area contributed by atoms with Crippen LogP contribution in [0.15, 0.2) is 29.3 Å². The highest BCUT2D eigenvalue weighted by atomic mass is 127. The van der Waals surface area contributed by atoms with E-state index in [1.54, 1.807) is 7.05 Å². The first-order valence-corrected chi connectivity index (χ1v) is 9.75. The summed E-state index contributed by atoms with van der Waals surface area (Å²) in [6, 6.07) is 8.02. The van der Waals surface area contributed by atoms with E-state index < -0.39 is 0 Å². The molecule has 27 heavy (non-hydrogen) atoms. The Morgan fingerprint density at radius 3 is 2.85 bits per heavy atom. The Bertz CT molecular complexity index is 578. The van der Waals surface area contributed by atoms with E-state index in [1.807, 2.05) is 18.2 Å². The van der Waals surface area contributed by atoms with Gasteiger partial charge in [-0.15, -0.1) is 24.0 Å². The molecule has 2 N–H and O–H groups in total. The number of hydrogen-bond acceptors (Lipinski definition) is 3. The van der Waals surface area contributed by atoms with Crippen LogP contribution in [0.4, 0.5) is 0 Å². The van der Waals surface area contributed by atoms with Crippen LogP contribution < -0.4 is 10.6 Å². The normalized spacial score (nSPS) is 17.5. The Hall–Kier alpha value is -0.570. The maximum Gasteiger partial charge on any atom is 0.191 e. The van der Waals surface area contributed by atoms with E-state index in [-0.39, 0.29) is 29.4 Å². The highest BCUT2D eigenvalue weighted by molar-refractivity contribution is 14.0. The topological polar surface area (TPSA) is 54.9 Å². The van der Waals surface area contributed by atoms with E-state index in [1.165, 1.54) is 5.56 Å². The quantitative estimate of drug-likeness (QED) is 0.230. The second-order valence-electron chi connectivity index (χ2n) is 7.40. The van der Waals surface area contributed by atoms with Gasteiger partial charge >= 0.3 is 0 Å². The summed E-state index contributed by atoms with van der Waals surface area (Å²) >= 11 is 6.12. The number of aliphatic imine (C=N–C) groups is 1. The standard InChI is InChI=1S/C20H32ClN3O2.HI/c1-20(2,17-6-4-7-18(21)12-17)15-24-19(22-3)23-9-5-10-25-13-16-8-11-26-14-16;/h4,6-7,12,16H,5,8-11,13-15H2,1-3H3,(H2,22,23,24);1H. The second kappa shape index (κ2) is 12.8. The van der Waals surface area contributed by atoms with Gasteiger partial charge in [0.15, 0.2) is 5.96 Å². The van der Waals surface area contributed by atoms with E-state index in [0.717, 1.165) is 63.3 Å². The van der Waals surface area contributed by atoms with Crippen LogP contribution in [0, 0.1) is 5.92 Å². The van der Waals surface area contributed by atoms with Gasteiger partial charge in [-0.3, -0.25) is 4.99 Å². The van der Waals surface area contributed by atoms with Crippen molar-refractivity contribution < 1.29 is 9.47 Å². The van der Waals surface area contributed by atoms with Crippen molar-refractivity contribution in [1.29, 1.82) is 0 Å². The van der Waals surface area contributed by atoms with Crippen molar-refractivity contribution in [3.63, 3.8) is 0 Å². The number of nitrogens with zero attached hydrogens (tertiary/aromatic N) is 1. The fourth-order valence-electron chi connectivity index (χ4n) is 2.88. The molecule has 2 rings (SSSR count). The SMILES string of the molecule is CN=C(NCCCOCC1CCOC1)NCC(C)(C)c1cccc(Cl)c1.I. The molecule has 0 spiro atoms. The minimum Gasteiger partial charge on any atom is -0.381 e. The molecule has 0 radical (unpaired) electrons. The van der Waals surface area contributed by atoms with Gasteiger partial charge in [0.25, 0.3) is 0 Å². The van der Waals surface area contributed by atoms with Crippen molar-refractivity contribution in [3.05, 3.63) is 34.9 Å². The fraction of sp³-hybridized carbons (Fsp3) is 0.650. The third-order valence-electron chi connectivity index (χ3n) is 4.66. The van der Waals surface area contributed by atoms with Gasteiger partial charge in [0.1, 0.15) is 0 Å². The molecule has 1 aliphatic heterocycles. The molecule has 1 aromatic carbocycles. The van der Waals surface area contributed by atoms with E-state index in [4.69, 9.17) is 21.1 Å².